The van der Waals surface area contributed by atoms with Crippen LogP contribution in [-0.4, -0.2) is 37.8 Å². The third-order valence-corrected chi connectivity index (χ3v) is 3.47. The molecule has 4 heteroatoms. The second-order valence-electron chi connectivity index (χ2n) is 5.93. The molecule has 0 amide bonds. The number of pyridine rings is 1. The molecule has 1 aromatic rings. The van der Waals surface area contributed by atoms with Crippen LogP contribution in [0.2, 0.25) is 0 Å². The lowest BCUT2D eigenvalue weighted by molar-refractivity contribution is 0.204. The molecule has 0 unspecified atom stereocenters. The molecule has 0 aliphatic heterocycles. The number of methoxy groups -OCH3 is 1. The second-order valence-corrected chi connectivity index (χ2v) is 5.93. The smallest absolute Gasteiger partial charge is 0.129 e. The molecule has 0 atom stereocenters. The summed E-state index contributed by atoms with van der Waals surface area (Å²) in [5, 5.41) is 3.45. The van der Waals surface area contributed by atoms with E-state index in [9.17, 15) is 0 Å². The summed E-state index contributed by atoms with van der Waals surface area (Å²) in [5.74, 6) is 1.76. The van der Waals surface area contributed by atoms with Gasteiger partial charge in [-0.2, -0.15) is 0 Å². The average molecular weight is 277 g/mol. The predicted octanol–water partition coefficient (Wildman–Crippen LogP) is 2.44. The van der Waals surface area contributed by atoms with Crippen LogP contribution in [0.15, 0.2) is 18.2 Å². The fourth-order valence-corrected chi connectivity index (χ4v) is 2.27. The van der Waals surface area contributed by atoms with Crippen molar-refractivity contribution in [2.24, 2.45) is 5.92 Å². The fourth-order valence-electron chi connectivity index (χ4n) is 2.27. The van der Waals surface area contributed by atoms with Crippen LogP contribution in [-0.2, 0) is 11.3 Å². The van der Waals surface area contributed by atoms with E-state index < -0.39 is 0 Å². The second kappa shape index (κ2) is 7.60. The zero-order valence-corrected chi connectivity index (χ0v) is 12.9. The van der Waals surface area contributed by atoms with Gasteiger partial charge in [-0.05, 0) is 37.4 Å². The van der Waals surface area contributed by atoms with E-state index in [1.54, 1.807) is 7.11 Å². The summed E-state index contributed by atoms with van der Waals surface area (Å²) in [6.07, 6.45) is 2.56. The highest BCUT2D eigenvalue weighted by Gasteiger charge is 2.29. The number of aromatic nitrogens is 1. The minimum atomic E-state index is 0.663. The molecule has 2 rings (SSSR count). The van der Waals surface area contributed by atoms with Gasteiger partial charge >= 0.3 is 0 Å². The lowest BCUT2D eigenvalue weighted by Crippen LogP contribution is -2.30. The Kier molecular flexibility index (Phi) is 5.80. The Labute approximate surface area is 122 Å². The first kappa shape index (κ1) is 15.3. The van der Waals surface area contributed by atoms with Gasteiger partial charge in [-0.25, -0.2) is 4.98 Å². The molecule has 0 saturated heterocycles. The topological polar surface area (TPSA) is 37.4 Å². The number of nitrogens with one attached hydrogen (secondary N) is 1. The molecular weight excluding hydrogens is 250 g/mol. The zero-order valence-electron chi connectivity index (χ0n) is 12.9. The van der Waals surface area contributed by atoms with Gasteiger partial charge in [0.15, 0.2) is 0 Å². The summed E-state index contributed by atoms with van der Waals surface area (Å²) >= 11 is 0. The number of anilines is 1. The first-order chi connectivity index (χ1) is 9.70. The van der Waals surface area contributed by atoms with E-state index >= 15 is 0 Å². The molecule has 1 fully saturated rings. The normalized spacial score (nSPS) is 14.8. The Hall–Kier alpha value is -1.13. The van der Waals surface area contributed by atoms with Crippen molar-refractivity contribution in [1.29, 1.82) is 0 Å². The standard InChI is InChI=1S/C16H27N3O/c1-13(2)11-17-12-14-5-4-6-16(18-14)19(9-10-20-3)15-7-8-15/h4-6,13,15,17H,7-12H2,1-3H3. The van der Waals surface area contributed by atoms with Crippen LogP contribution in [0.1, 0.15) is 32.4 Å². The summed E-state index contributed by atoms with van der Waals surface area (Å²) in [6.45, 7) is 7.99. The van der Waals surface area contributed by atoms with Crippen molar-refractivity contribution in [3.05, 3.63) is 23.9 Å². The molecule has 4 nitrogen and oxygen atoms in total. The van der Waals surface area contributed by atoms with Gasteiger partial charge in [-0.3, -0.25) is 0 Å². The Morgan fingerprint density at radius 1 is 1.40 bits per heavy atom. The lowest BCUT2D eigenvalue weighted by atomic mass is 10.2. The Morgan fingerprint density at radius 2 is 2.20 bits per heavy atom. The van der Waals surface area contributed by atoms with Gasteiger partial charge in [0.25, 0.3) is 0 Å². The number of rotatable bonds is 9. The van der Waals surface area contributed by atoms with E-state index in [2.05, 4.69) is 42.3 Å². The van der Waals surface area contributed by atoms with Crippen LogP contribution in [0.25, 0.3) is 0 Å². The monoisotopic (exact) mass is 277 g/mol. The highest BCUT2D eigenvalue weighted by atomic mass is 16.5. The predicted molar refractivity (Wildman–Crippen MR) is 83.0 cm³/mol. The van der Waals surface area contributed by atoms with Gasteiger partial charge in [0.05, 0.1) is 12.3 Å². The first-order valence-corrected chi connectivity index (χ1v) is 7.63. The molecule has 1 aliphatic rings. The molecule has 20 heavy (non-hydrogen) atoms. The first-order valence-electron chi connectivity index (χ1n) is 7.63. The van der Waals surface area contributed by atoms with Crippen LogP contribution in [0, 0.1) is 5.92 Å². The molecule has 1 aromatic heterocycles. The molecule has 0 radical (unpaired) electrons. The van der Waals surface area contributed by atoms with Gasteiger partial charge in [-0.1, -0.05) is 19.9 Å². The van der Waals surface area contributed by atoms with Crippen LogP contribution < -0.4 is 10.2 Å². The third kappa shape index (κ3) is 4.76. The van der Waals surface area contributed by atoms with E-state index in [-0.39, 0.29) is 0 Å². The van der Waals surface area contributed by atoms with Crippen molar-refractivity contribution >= 4 is 5.82 Å². The van der Waals surface area contributed by atoms with Gasteiger partial charge < -0.3 is 15.0 Å². The van der Waals surface area contributed by atoms with E-state index in [1.165, 1.54) is 12.8 Å². The Bertz CT molecular complexity index is 404. The van der Waals surface area contributed by atoms with E-state index in [4.69, 9.17) is 9.72 Å². The van der Waals surface area contributed by atoms with Crippen molar-refractivity contribution < 1.29 is 4.74 Å². The maximum Gasteiger partial charge on any atom is 0.129 e. The van der Waals surface area contributed by atoms with Crippen molar-refractivity contribution in [3.63, 3.8) is 0 Å². The highest BCUT2D eigenvalue weighted by Crippen LogP contribution is 2.30. The maximum atomic E-state index is 5.21. The molecule has 1 N–H and O–H groups in total. The molecule has 0 bridgehead atoms. The molecule has 112 valence electrons. The molecule has 1 heterocycles. The van der Waals surface area contributed by atoms with E-state index in [1.807, 2.05) is 0 Å². The van der Waals surface area contributed by atoms with Crippen LogP contribution in [0.4, 0.5) is 5.82 Å². The summed E-state index contributed by atoms with van der Waals surface area (Å²) < 4.78 is 5.21. The van der Waals surface area contributed by atoms with Crippen molar-refractivity contribution in [1.82, 2.24) is 10.3 Å². The fraction of sp³-hybridized carbons (Fsp3) is 0.688. The molecular formula is C16H27N3O. The highest BCUT2D eigenvalue weighted by molar-refractivity contribution is 5.42. The van der Waals surface area contributed by atoms with E-state index in [0.29, 0.717) is 12.0 Å². The van der Waals surface area contributed by atoms with Gasteiger partial charge in [-0.15, -0.1) is 0 Å². The van der Waals surface area contributed by atoms with Gasteiger partial charge in [0.1, 0.15) is 5.82 Å². The zero-order chi connectivity index (χ0) is 14.4. The largest absolute Gasteiger partial charge is 0.383 e. The summed E-state index contributed by atoms with van der Waals surface area (Å²) in [5.41, 5.74) is 1.12. The third-order valence-electron chi connectivity index (χ3n) is 3.47. The van der Waals surface area contributed by atoms with Gasteiger partial charge in [0.2, 0.25) is 0 Å². The number of hydrogen-bond acceptors (Lipinski definition) is 4. The van der Waals surface area contributed by atoms with Gasteiger partial charge in [0, 0.05) is 26.2 Å². The summed E-state index contributed by atoms with van der Waals surface area (Å²) in [6, 6.07) is 6.98. The molecule has 0 aromatic carbocycles. The summed E-state index contributed by atoms with van der Waals surface area (Å²) in [4.78, 5) is 7.18. The van der Waals surface area contributed by atoms with E-state index in [0.717, 1.165) is 37.8 Å². The quantitative estimate of drug-likeness (QED) is 0.752. The van der Waals surface area contributed by atoms with Crippen molar-refractivity contribution in [2.45, 2.75) is 39.3 Å². The number of hydrogen-bond donors (Lipinski definition) is 1. The maximum absolute atomic E-state index is 5.21. The molecule has 1 saturated carbocycles. The summed E-state index contributed by atoms with van der Waals surface area (Å²) in [7, 11) is 1.75. The number of nitrogens with zero attached hydrogens (tertiary/aromatic N) is 2. The van der Waals surface area contributed by atoms with Crippen LogP contribution >= 0.6 is 0 Å². The SMILES string of the molecule is COCCN(c1cccc(CNCC(C)C)n1)C1CC1. The average Bonchev–Trinajstić information content (AvgIpc) is 3.24. The lowest BCUT2D eigenvalue weighted by Gasteiger charge is -2.23. The minimum absolute atomic E-state index is 0.663. The number of ether oxygens (including phenoxy) is 1. The van der Waals surface area contributed by atoms with Crippen LogP contribution in [0.3, 0.4) is 0 Å². The minimum Gasteiger partial charge on any atom is -0.383 e. The van der Waals surface area contributed by atoms with Crippen molar-refractivity contribution in [2.75, 3.05) is 31.7 Å². The van der Waals surface area contributed by atoms with Crippen molar-refractivity contribution in [3.8, 4) is 0 Å². The molecule has 1 aliphatic carbocycles. The van der Waals surface area contributed by atoms with Crippen LogP contribution in [0.5, 0.6) is 0 Å². The Morgan fingerprint density at radius 3 is 2.85 bits per heavy atom. The Balaban J connectivity index is 1.95. The molecule has 0 spiro atoms.